The summed E-state index contributed by atoms with van der Waals surface area (Å²) >= 11 is 9.53. The molecule has 0 atom stereocenters. The number of ether oxygens (including phenoxy) is 8. The van der Waals surface area contributed by atoms with Crippen LogP contribution in [0.15, 0.2) is 200 Å². The van der Waals surface area contributed by atoms with Crippen LogP contribution >= 0.6 is 23.2 Å². The van der Waals surface area contributed by atoms with Gasteiger partial charge in [0, 0.05) is 162 Å². The number of nitrogens with one attached hydrogen (secondary N) is 9. The molecule has 9 aromatic rings. The van der Waals surface area contributed by atoms with Crippen molar-refractivity contribution in [2.45, 2.75) is 11.8 Å². The summed E-state index contributed by atoms with van der Waals surface area (Å²) in [6.07, 6.45) is 7.06. The molecule has 0 saturated carbocycles. The van der Waals surface area contributed by atoms with E-state index in [1.807, 2.05) is 128 Å². The lowest BCUT2D eigenvalue weighted by atomic mass is 10.0. The van der Waals surface area contributed by atoms with Gasteiger partial charge in [0.2, 0.25) is 0 Å². The Morgan fingerprint density at radius 1 is 0.297 bits per heavy atom. The van der Waals surface area contributed by atoms with Gasteiger partial charge in [-0.15, -0.1) is 23.2 Å². The molecule has 9 rings (SSSR count). The molecule has 6 heterocycles. The highest BCUT2D eigenvalue weighted by molar-refractivity contribution is 7.86. The summed E-state index contributed by atoms with van der Waals surface area (Å²) in [5, 5.41) is 30.0. The quantitative estimate of drug-likeness (QED) is 0.0105. The number of hydrogen-bond donors (Lipinski definition) is 12. The van der Waals surface area contributed by atoms with E-state index in [1.54, 1.807) is 36.9 Å². The second kappa shape index (κ2) is 65.7. The molecule has 644 valence electrons. The molecule has 0 spiro atoms. The topological polar surface area (TPSA) is 381 Å². The molecule has 0 saturated heterocycles. The van der Waals surface area contributed by atoms with Crippen molar-refractivity contribution in [1.29, 1.82) is 0 Å². The van der Waals surface area contributed by atoms with E-state index in [9.17, 15) is 8.42 Å². The van der Waals surface area contributed by atoms with E-state index in [4.69, 9.17) is 92.4 Å². The molecule has 0 aliphatic carbocycles. The van der Waals surface area contributed by atoms with Crippen molar-refractivity contribution in [2.75, 3.05) is 242 Å². The summed E-state index contributed by atoms with van der Waals surface area (Å²) in [7, 11) is -3.80. The van der Waals surface area contributed by atoms with Crippen molar-refractivity contribution >= 4 is 33.3 Å². The van der Waals surface area contributed by atoms with Crippen LogP contribution in [0.5, 0.6) is 11.5 Å². The minimum atomic E-state index is -3.80. The van der Waals surface area contributed by atoms with Crippen LogP contribution < -0.4 is 74.5 Å². The van der Waals surface area contributed by atoms with Crippen LogP contribution in [0.1, 0.15) is 5.56 Å². The molecule has 32 heteroatoms. The lowest BCUT2D eigenvalue weighted by Gasteiger charge is -2.11. The summed E-state index contributed by atoms with van der Waals surface area (Å²) in [6.45, 7) is 27.6. The molecule has 0 aliphatic heterocycles. The van der Waals surface area contributed by atoms with Crippen molar-refractivity contribution in [2.24, 2.45) is 17.2 Å². The summed E-state index contributed by atoms with van der Waals surface area (Å²) in [5.41, 5.74) is 27.6. The highest BCUT2D eigenvalue weighted by Gasteiger charge is 2.16. The summed E-state index contributed by atoms with van der Waals surface area (Å²) in [6, 6.07) is 53.7. The third-order valence-corrected chi connectivity index (χ3v) is 18.0. The van der Waals surface area contributed by atoms with Gasteiger partial charge < -0.3 is 103 Å². The minimum Gasteiger partial charge on any atom is -0.491 e. The van der Waals surface area contributed by atoms with E-state index in [2.05, 4.69) is 92.1 Å². The number of pyridine rings is 6. The van der Waals surface area contributed by atoms with Gasteiger partial charge in [0.1, 0.15) is 24.7 Å². The maximum atomic E-state index is 12.2. The van der Waals surface area contributed by atoms with Crippen molar-refractivity contribution < 1.29 is 50.5 Å². The maximum absolute atomic E-state index is 12.2. The molecule has 29 nitrogen and oxygen atoms in total. The third-order valence-electron chi connectivity index (χ3n) is 16.7. The van der Waals surface area contributed by atoms with Gasteiger partial charge in [-0.1, -0.05) is 66.2 Å². The van der Waals surface area contributed by atoms with Crippen molar-refractivity contribution in [3.63, 3.8) is 0 Å². The number of halogens is 2. The minimum absolute atomic E-state index is 0.0716. The van der Waals surface area contributed by atoms with Gasteiger partial charge in [-0.2, -0.15) is 8.42 Å². The maximum Gasteiger partial charge on any atom is 0.297 e. The van der Waals surface area contributed by atoms with Crippen molar-refractivity contribution in [3.05, 3.63) is 200 Å². The molecule has 0 radical (unpaired) electrons. The number of nitrogens with zero attached hydrogens (tertiary/aromatic N) is 6. The molecule has 0 bridgehead atoms. The number of benzene rings is 3. The fraction of sp³-hybridized carbons (Fsp3) is 0.442. The molecule has 15 N–H and O–H groups in total. The Morgan fingerprint density at radius 3 is 0.839 bits per heavy atom. The van der Waals surface area contributed by atoms with Crippen LogP contribution in [0, 0.1) is 6.92 Å². The predicted octanol–water partition coefficient (Wildman–Crippen LogP) is 6.91. The van der Waals surface area contributed by atoms with Gasteiger partial charge in [0.15, 0.2) is 0 Å². The first-order valence-electron chi connectivity index (χ1n) is 40.3. The van der Waals surface area contributed by atoms with Gasteiger partial charge >= 0.3 is 0 Å². The summed E-state index contributed by atoms with van der Waals surface area (Å²) in [4.78, 5) is 27.8. The second-order valence-corrected chi connectivity index (χ2v) is 28.3. The van der Waals surface area contributed by atoms with E-state index in [-0.39, 0.29) is 23.4 Å². The number of rotatable bonds is 61. The highest BCUT2D eigenvalue weighted by Crippen LogP contribution is 2.32. The fourth-order valence-corrected chi connectivity index (χ4v) is 11.7. The van der Waals surface area contributed by atoms with Crippen LogP contribution in [0.4, 0.5) is 0 Å². The van der Waals surface area contributed by atoms with Crippen LogP contribution in [-0.4, -0.2) is 280 Å². The number of alkyl halides is 2. The van der Waals surface area contributed by atoms with E-state index in [1.165, 1.54) is 12.1 Å². The number of hydrogen-bond acceptors (Lipinski definition) is 29. The van der Waals surface area contributed by atoms with Crippen LogP contribution in [0.3, 0.4) is 0 Å². The first kappa shape index (κ1) is 98.8. The number of aryl methyl sites for hydroxylation is 1. The van der Waals surface area contributed by atoms with Crippen LogP contribution in [0.2, 0.25) is 0 Å². The predicted molar refractivity (Wildman–Crippen MR) is 472 cm³/mol. The molecular weight excluding hydrogens is 1560 g/mol. The monoisotopic (exact) mass is 1690 g/mol. The van der Waals surface area contributed by atoms with Crippen LogP contribution in [-0.2, 0) is 42.7 Å². The van der Waals surface area contributed by atoms with E-state index < -0.39 is 10.1 Å². The molecule has 0 fully saturated rings. The SMILES string of the molecule is Cc1ccc(S(=O)(=O)OCCOCCOc2ccc(-c3cc(-c4ccccn4)nc(-c4ccccn4)c3)cc2)cc1.ClCCl.NCCNCCNCCOCCOCCNCCNCCN.NCCNCCNCCOCCOCCNCCNCCNCCOCCOc1ccc(-c2cc(-c3ccccn3)nc(-c3ccccn3)c2)cc1. The Hall–Kier alpha value is -8.07. The van der Waals surface area contributed by atoms with E-state index >= 15 is 0 Å². The summed E-state index contributed by atoms with van der Waals surface area (Å²) in [5.74, 6) is 1.50. The smallest absolute Gasteiger partial charge is 0.297 e. The Kier molecular flexibility index (Phi) is 55.0. The average Bonchev–Trinajstić information content (AvgIpc) is 0.810. The largest absolute Gasteiger partial charge is 0.491 e. The van der Waals surface area contributed by atoms with Gasteiger partial charge in [0.25, 0.3) is 10.1 Å². The zero-order valence-corrected chi connectivity index (χ0v) is 70.5. The normalized spacial score (nSPS) is 11.1. The Bertz CT molecular complexity index is 3900. The third kappa shape index (κ3) is 44.8. The van der Waals surface area contributed by atoms with Gasteiger partial charge in [-0.05, 0) is 138 Å². The van der Waals surface area contributed by atoms with Crippen LogP contribution in [0.25, 0.3) is 67.8 Å². The van der Waals surface area contributed by atoms with Gasteiger partial charge in [-0.3, -0.25) is 24.1 Å². The van der Waals surface area contributed by atoms with E-state index in [0.717, 1.165) is 197 Å². The average molecular weight is 1690 g/mol. The Balaban J connectivity index is 0.000000291. The molecule has 0 amide bonds. The molecule has 0 aliphatic rings. The Morgan fingerprint density at radius 2 is 0.559 bits per heavy atom. The van der Waals surface area contributed by atoms with Crippen molar-refractivity contribution in [1.82, 2.24) is 77.8 Å². The Labute approximate surface area is 708 Å². The van der Waals surface area contributed by atoms with Gasteiger partial charge in [0.05, 0.1) is 142 Å². The molecule has 118 heavy (non-hydrogen) atoms. The first-order valence-corrected chi connectivity index (χ1v) is 42.8. The zero-order chi connectivity index (χ0) is 83.5. The highest BCUT2D eigenvalue weighted by atomic mass is 35.5. The number of nitrogens with two attached hydrogens (primary N) is 3. The lowest BCUT2D eigenvalue weighted by Crippen LogP contribution is -2.34. The molecular formula is C86H124Cl2N18O11S. The van der Waals surface area contributed by atoms with Gasteiger partial charge in [-0.25, -0.2) is 9.97 Å². The standard InChI is InChI=1S/C39H57N9O4.C32H29N3O5S.C14H36N6O2.CH2Cl2/c40-11-14-41-15-18-43-21-24-49-27-28-50-25-22-44-19-16-42-17-20-45-23-26-51-29-30-52-35-9-7-33(8-10-35)34-31-38(36-5-1-3-12-46-36)48-39(32-34)37-6-2-4-13-47-37;1-24-8-14-28(15-9-24)41(36,37)40-21-19-38-18-20-39-27-12-10-25(11-13-27)26-22-31(29-6-2-4-16-33-29)35-32(23-26)30-7-3-5-17-34-30;15-1-3-17-5-7-19-9-11-21-13-14-22-12-10-20-8-6-18-4-2-16;2-1-3/h1-10,12-13,31-32,41-45H,11,14-30,40H2;2-17,22-23H,18-21H2,1H3;17-20H,1-16H2;1H2. The molecule has 6 aromatic heterocycles. The summed E-state index contributed by atoms with van der Waals surface area (Å²) < 4.78 is 74.5. The van der Waals surface area contributed by atoms with Crippen molar-refractivity contribution in [3.8, 4) is 79.3 Å². The first-order chi connectivity index (χ1) is 58.1. The lowest BCUT2D eigenvalue weighted by molar-refractivity contribution is 0.0500. The fourth-order valence-electron chi connectivity index (χ4n) is 10.8. The molecule has 0 unspecified atom stereocenters. The zero-order valence-electron chi connectivity index (χ0n) is 68.2. The second-order valence-electron chi connectivity index (χ2n) is 25.8. The number of aromatic nitrogens is 6. The molecule has 3 aromatic carbocycles. The van der Waals surface area contributed by atoms with E-state index in [0.29, 0.717) is 111 Å².